The Bertz CT molecular complexity index is 391. The zero-order valence-corrected chi connectivity index (χ0v) is 7.80. The Morgan fingerprint density at radius 1 is 1.64 bits per heavy atom. The van der Waals surface area contributed by atoms with Crippen LogP contribution in [0.1, 0.15) is 10.4 Å². The van der Waals surface area contributed by atoms with Crippen molar-refractivity contribution in [2.24, 2.45) is 0 Å². The second-order valence-electron chi connectivity index (χ2n) is 2.40. The molecule has 0 bridgehead atoms. The van der Waals surface area contributed by atoms with Gasteiger partial charge in [-0.05, 0) is 0 Å². The molecule has 2 N–H and O–H groups in total. The van der Waals surface area contributed by atoms with E-state index in [-0.39, 0.29) is 5.75 Å². The Morgan fingerprint density at radius 3 is 2.64 bits per heavy atom. The van der Waals surface area contributed by atoms with E-state index in [0.717, 1.165) is 7.11 Å². The highest BCUT2D eigenvalue weighted by Gasteiger charge is 2.22. The van der Waals surface area contributed by atoms with Gasteiger partial charge in [0, 0.05) is 6.07 Å². The van der Waals surface area contributed by atoms with Crippen molar-refractivity contribution in [2.75, 3.05) is 7.11 Å². The van der Waals surface area contributed by atoms with Crippen LogP contribution in [0.25, 0.3) is 0 Å². The summed E-state index contributed by atoms with van der Waals surface area (Å²) in [4.78, 5) is 10.7. The lowest BCUT2D eigenvalue weighted by molar-refractivity contribution is 0.0692. The molecule has 0 heterocycles. The molecule has 0 aliphatic rings. The molecule has 0 amide bonds. The highest BCUT2D eigenvalue weighted by molar-refractivity contribution is 6.34. The van der Waals surface area contributed by atoms with Crippen molar-refractivity contribution in [3.05, 3.63) is 22.5 Å². The Balaban J connectivity index is 3.56. The molecule has 14 heavy (non-hydrogen) atoms. The van der Waals surface area contributed by atoms with Gasteiger partial charge in [0.2, 0.25) is 0 Å². The van der Waals surface area contributed by atoms with E-state index < -0.39 is 28.1 Å². The van der Waals surface area contributed by atoms with Crippen LogP contribution in [0.3, 0.4) is 0 Å². The summed E-state index contributed by atoms with van der Waals surface area (Å²) in [6.07, 6.45) is 0. The van der Waals surface area contributed by atoms with E-state index in [2.05, 4.69) is 4.74 Å². The lowest BCUT2D eigenvalue weighted by atomic mass is 10.2. The number of carboxylic acids is 1. The van der Waals surface area contributed by atoms with E-state index in [1.807, 2.05) is 0 Å². The standard InChI is InChI=1S/C8H6ClFO4/c1-14-7-4(11)2-3(10)6(9)5(7)8(12)13/h2,11H,1H3,(H,12,13). The van der Waals surface area contributed by atoms with E-state index in [4.69, 9.17) is 21.8 Å². The predicted molar refractivity (Wildman–Crippen MR) is 46.6 cm³/mol. The first-order chi connectivity index (χ1) is 6.49. The van der Waals surface area contributed by atoms with Gasteiger partial charge in [0.05, 0.1) is 12.1 Å². The van der Waals surface area contributed by atoms with Gasteiger partial charge < -0.3 is 14.9 Å². The first-order valence-electron chi connectivity index (χ1n) is 3.47. The fourth-order valence-corrected chi connectivity index (χ4v) is 1.21. The van der Waals surface area contributed by atoms with E-state index in [9.17, 15) is 9.18 Å². The minimum Gasteiger partial charge on any atom is -0.504 e. The highest BCUT2D eigenvalue weighted by Crippen LogP contribution is 2.36. The van der Waals surface area contributed by atoms with Crippen LogP contribution in [-0.2, 0) is 0 Å². The zero-order chi connectivity index (χ0) is 10.9. The number of hydrogen-bond acceptors (Lipinski definition) is 3. The lowest BCUT2D eigenvalue weighted by Gasteiger charge is -2.08. The van der Waals surface area contributed by atoms with Crippen molar-refractivity contribution >= 4 is 17.6 Å². The highest BCUT2D eigenvalue weighted by atomic mass is 35.5. The number of aromatic hydroxyl groups is 1. The summed E-state index contributed by atoms with van der Waals surface area (Å²) < 4.78 is 17.5. The number of rotatable bonds is 2. The fraction of sp³-hybridized carbons (Fsp3) is 0.125. The Morgan fingerprint density at radius 2 is 2.21 bits per heavy atom. The number of phenols is 1. The number of ether oxygens (including phenoxy) is 1. The maximum atomic E-state index is 12.9. The second-order valence-corrected chi connectivity index (χ2v) is 2.78. The van der Waals surface area contributed by atoms with Gasteiger partial charge in [-0.25, -0.2) is 9.18 Å². The summed E-state index contributed by atoms with van der Waals surface area (Å²) in [5.41, 5.74) is -0.591. The number of hydrogen-bond donors (Lipinski definition) is 2. The van der Waals surface area contributed by atoms with Gasteiger partial charge in [-0.2, -0.15) is 0 Å². The van der Waals surface area contributed by atoms with Gasteiger partial charge in [0.15, 0.2) is 11.5 Å². The van der Waals surface area contributed by atoms with Crippen LogP contribution in [0, 0.1) is 5.82 Å². The monoisotopic (exact) mass is 220 g/mol. The molecule has 0 spiro atoms. The molecule has 0 radical (unpaired) electrons. The predicted octanol–water partition coefficient (Wildman–Crippen LogP) is 1.89. The van der Waals surface area contributed by atoms with Gasteiger partial charge in [0.1, 0.15) is 11.4 Å². The van der Waals surface area contributed by atoms with Gasteiger partial charge in [-0.1, -0.05) is 11.6 Å². The van der Waals surface area contributed by atoms with Gasteiger partial charge in [-0.15, -0.1) is 0 Å². The van der Waals surface area contributed by atoms with Crippen molar-refractivity contribution in [2.45, 2.75) is 0 Å². The second kappa shape index (κ2) is 3.71. The summed E-state index contributed by atoms with van der Waals surface area (Å²) in [6, 6.07) is 0.688. The molecule has 1 aromatic carbocycles. The number of aromatic carboxylic acids is 1. The molecule has 4 nitrogen and oxygen atoms in total. The number of methoxy groups -OCH3 is 1. The molecule has 0 aromatic heterocycles. The summed E-state index contributed by atoms with van der Waals surface area (Å²) in [5.74, 6) is -3.44. The Labute approximate surface area is 83.5 Å². The lowest BCUT2D eigenvalue weighted by Crippen LogP contribution is -2.03. The molecule has 0 fully saturated rings. The summed E-state index contributed by atoms with van der Waals surface area (Å²) in [7, 11) is 1.15. The van der Waals surface area contributed by atoms with Crippen LogP contribution in [0.2, 0.25) is 5.02 Å². The third-order valence-corrected chi connectivity index (χ3v) is 1.94. The maximum absolute atomic E-state index is 12.9. The quantitative estimate of drug-likeness (QED) is 0.799. The Hall–Kier alpha value is -1.49. The van der Waals surface area contributed by atoms with Crippen molar-refractivity contribution in [3.8, 4) is 11.5 Å². The molecule has 0 aliphatic heterocycles. The molecule has 1 rings (SSSR count). The molecule has 6 heteroatoms. The van der Waals surface area contributed by atoms with E-state index in [1.54, 1.807) is 0 Å². The number of carbonyl (C=O) groups is 1. The number of phenolic OH excluding ortho intramolecular Hbond substituents is 1. The minimum absolute atomic E-state index is 0.357. The van der Waals surface area contributed by atoms with Gasteiger partial charge in [0.25, 0.3) is 0 Å². The molecular weight excluding hydrogens is 215 g/mol. The molecule has 0 unspecified atom stereocenters. The Kier molecular flexibility index (Phi) is 2.81. The number of carboxylic acid groups (broad SMARTS) is 1. The third kappa shape index (κ3) is 1.58. The molecular formula is C8H6ClFO4. The third-order valence-electron chi connectivity index (χ3n) is 1.57. The fourth-order valence-electron chi connectivity index (χ4n) is 0.994. The molecule has 0 aliphatic carbocycles. The van der Waals surface area contributed by atoms with Crippen LogP contribution < -0.4 is 4.74 Å². The largest absolute Gasteiger partial charge is 0.504 e. The maximum Gasteiger partial charge on any atom is 0.341 e. The first kappa shape index (κ1) is 10.6. The van der Waals surface area contributed by atoms with Gasteiger partial charge >= 0.3 is 5.97 Å². The average Bonchev–Trinajstić information content (AvgIpc) is 2.10. The summed E-state index contributed by atoms with van der Waals surface area (Å²) in [6.45, 7) is 0. The summed E-state index contributed by atoms with van der Waals surface area (Å²) in [5, 5.41) is 17.3. The SMILES string of the molecule is COc1c(O)cc(F)c(Cl)c1C(=O)O. The van der Waals surface area contributed by atoms with Crippen LogP contribution in [0.5, 0.6) is 11.5 Å². The zero-order valence-electron chi connectivity index (χ0n) is 7.04. The van der Waals surface area contributed by atoms with Crippen LogP contribution >= 0.6 is 11.6 Å². The van der Waals surface area contributed by atoms with Crippen molar-refractivity contribution in [1.82, 2.24) is 0 Å². The van der Waals surface area contributed by atoms with Crippen molar-refractivity contribution < 1.29 is 24.1 Å². The normalized spacial score (nSPS) is 9.93. The molecule has 76 valence electrons. The number of halogens is 2. The van der Waals surface area contributed by atoms with Crippen LogP contribution in [0.15, 0.2) is 6.07 Å². The van der Waals surface area contributed by atoms with Crippen LogP contribution in [0.4, 0.5) is 4.39 Å². The van der Waals surface area contributed by atoms with Crippen molar-refractivity contribution in [1.29, 1.82) is 0 Å². The van der Waals surface area contributed by atoms with Gasteiger partial charge in [-0.3, -0.25) is 0 Å². The smallest absolute Gasteiger partial charge is 0.341 e. The molecule has 0 saturated carbocycles. The molecule has 0 atom stereocenters. The molecule has 1 aromatic rings. The van der Waals surface area contributed by atoms with E-state index in [1.165, 1.54) is 0 Å². The van der Waals surface area contributed by atoms with E-state index in [0.29, 0.717) is 6.07 Å². The number of benzene rings is 1. The van der Waals surface area contributed by atoms with E-state index >= 15 is 0 Å². The minimum atomic E-state index is -1.47. The first-order valence-corrected chi connectivity index (χ1v) is 3.85. The average molecular weight is 221 g/mol. The van der Waals surface area contributed by atoms with Crippen molar-refractivity contribution in [3.63, 3.8) is 0 Å². The van der Waals surface area contributed by atoms with Crippen LogP contribution in [-0.4, -0.2) is 23.3 Å². The topological polar surface area (TPSA) is 66.8 Å². The molecule has 0 saturated heterocycles. The summed E-state index contributed by atoms with van der Waals surface area (Å²) >= 11 is 5.40.